The van der Waals surface area contributed by atoms with Crippen molar-refractivity contribution in [1.82, 2.24) is 4.57 Å². The van der Waals surface area contributed by atoms with Crippen molar-refractivity contribution in [3.63, 3.8) is 0 Å². The Morgan fingerprint density at radius 1 is 0.947 bits per heavy atom. The number of rotatable bonds is 7. The maximum absolute atomic E-state index is 12.8. The third-order valence-electron chi connectivity index (χ3n) is 6.75. The number of carbonyl (C=O) groups excluding carboxylic acids is 2. The third kappa shape index (κ3) is 5.48. The Bertz CT molecular complexity index is 1480. The normalized spacial score (nSPS) is 13.4. The van der Waals surface area contributed by atoms with E-state index in [-0.39, 0.29) is 5.91 Å². The van der Waals surface area contributed by atoms with E-state index in [1.807, 2.05) is 67.6 Å². The molecule has 1 fully saturated rings. The van der Waals surface area contributed by atoms with Gasteiger partial charge < -0.3 is 18.9 Å². The number of carbonyl (C=O) groups is 2. The number of hydrogen-bond acceptors (Lipinski definition) is 4. The highest BCUT2D eigenvalue weighted by atomic mass is 127. The smallest absolute Gasteiger partial charge is 0.337 e. The fraction of sp³-hybridized carbons (Fsp3) is 0.226. The third-order valence-corrected chi connectivity index (χ3v) is 7.42. The fourth-order valence-corrected chi connectivity index (χ4v) is 5.34. The zero-order valence-electron chi connectivity index (χ0n) is 21.4. The molecule has 194 valence electrons. The summed E-state index contributed by atoms with van der Waals surface area (Å²) in [5.74, 6) is 0.400. The van der Waals surface area contributed by atoms with Gasteiger partial charge in [0.05, 0.1) is 18.4 Å². The fourth-order valence-electron chi connectivity index (χ4n) is 4.85. The van der Waals surface area contributed by atoms with E-state index in [4.69, 9.17) is 9.47 Å². The molecule has 3 aromatic carbocycles. The number of methoxy groups -OCH3 is 1. The highest BCUT2D eigenvalue weighted by Gasteiger charge is 2.23. The maximum atomic E-state index is 12.8. The Kier molecular flexibility index (Phi) is 7.83. The monoisotopic (exact) mass is 620 g/mol. The van der Waals surface area contributed by atoms with Crippen LogP contribution in [0.25, 0.3) is 16.9 Å². The van der Waals surface area contributed by atoms with Crippen LogP contribution in [-0.2, 0) is 16.1 Å². The van der Waals surface area contributed by atoms with Crippen LogP contribution in [0.15, 0.2) is 78.9 Å². The van der Waals surface area contributed by atoms with E-state index in [9.17, 15) is 9.59 Å². The van der Waals surface area contributed by atoms with Gasteiger partial charge in [-0.3, -0.25) is 4.79 Å². The van der Waals surface area contributed by atoms with Gasteiger partial charge in [0.25, 0.3) is 0 Å². The van der Waals surface area contributed by atoms with E-state index in [0.717, 1.165) is 50.4 Å². The number of esters is 1. The molecule has 0 bridgehead atoms. The Labute approximate surface area is 236 Å². The summed E-state index contributed by atoms with van der Waals surface area (Å²) < 4.78 is 14.5. The molecule has 1 aliphatic rings. The van der Waals surface area contributed by atoms with Gasteiger partial charge in [0, 0.05) is 39.2 Å². The summed E-state index contributed by atoms with van der Waals surface area (Å²) >= 11 is 2.31. The molecule has 7 heteroatoms. The van der Waals surface area contributed by atoms with Crippen LogP contribution >= 0.6 is 22.6 Å². The standard InChI is InChI=1S/C31H29IN2O4/c1-21-11-13-28(27-18-24(32)12-14-29(27)38-20-22-8-4-3-5-9-22)34(21)26-17-23(31(36)37-2)16-25(19-26)33-15-7-6-10-30(33)35/h3-5,8-9,11-14,16-19H,6-7,10,15,20H2,1-2H3. The quantitative estimate of drug-likeness (QED) is 0.166. The number of amides is 1. The molecule has 38 heavy (non-hydrogen) atoms. The summed E-state index contributed by atoms with van der Waals surface area (Å²) in [5.41, 5.74) is 5.85. The molecule has 4 aromatic rings. The lowest BCUT2D eigenvalue weighted by atomic mass is 10.1. The molecule has 0 spiro atoms. The van der Waals surface area contributed by atoms with Crippen LogP contribution in [0.5, 0.6) is 5.75 Å². The van der Waals surface area contributed by atoms with E-state index >= 15 is 0 Å². The molecule has 1 saturated heterocycles. The number of aryl methyl sites for hydroxylation is 1. The van der Waals surface area contributed by atoms with Crippen LogP contribution in [0.4, 0.5) is 5.69 Å². The predicted molar refractivity (Wildman–Crippen MR) is 157 cm³/mol. The zero-order chi connectivity index (χ0) is 26.6. The summed E-state index contributed by atoms with van der Waals surface area (Å²) in [4.78, 5) is 27.2. The van der Waals surface area contributed by atoms with E-state index in [2.05, 4.69) is 39.3 Å². The number of benzene rings is 3. The van der Waals surface area contributed by atoms with Crippen molar-refractivity contribution in [1.29, 1.82) is 0 Å². The Hall–Kier alpha value is -3.59. The molecular weight excluding hydrogens is 591 g/mol. The number of ether oxygens (including phenoxy) is 2. The lowest BCUT2D eigenvalue weighted by Crippen LogP contribution is -2.35. The summed E-state index contributed by atoms with van der Waals surface area (Å²) in [6, 6.07) is 25.9. The lowest BCUT2D eigenvalue weighted by molar-refractivity contribution is -0.119. The number of halogens is 1. The van der Waals surface area contributed by atoms with Gasteiger partial charge in [-0.05, 0) is 96.5 Å². The van der Waals surface area contributed by atoms with Crippen LogP contribution in [0.1, 0.15) is 40.9 Å². The van der Waals surface area contributed by atoms with Gasteiger partial charge in [0.1, 0.15) is 12.4 Å². The predicted octanol–water partition coefficient (Wildman–Crippen LogP) is 6.94. The molecule has 0 saturated carbocycles. The van der Waals surface area contributed by atoms with E-state index in [1.165, 1.54) is 7.11 Å². The zero-order valence-corrected chi connectivity index (χ0v) is 23.6. The summed E-state index contributed by atoms with van der Waals surface area (Å²) in [7, 11) is 1.37. The van der Waals surface area contributed by atoms with Crippen LogP contribution in [-0.4, -0.2) is 30.1 Å². The van der Waals surface area contributed by atoms with Gasteiger partial charge in [-0.1, -0.05) is 30.3 Å². The van der Waals surface area contributed by atoms with Crippen molar-refractivity contribution in [3.8, 4) is 22.7 Å². The van der Waals surface area contributed by atoms with Gasteiger partial charge in [0.15, 0.2) is 0 Å². The largest absolute Gasteiger partial charge is 0.488 e. The van der Waals surface area contributed by atoms with Crippen molar-refractivity contribution in [3.05, 3.63) is 99.3 Å². The molecule has 0 aliphatic carbocycles. The van der Waals surface area contributed by atoms with E-state index in [0.29, 0.717) is 30.8 Å². The van der Waals surface area contributed by atoms with Gasteiger partial charge in [-0.2, -0.15) is 0 Å². The summed E-state index contributed by atoms with van der Waals surface area (Å²) in [6.07, 6.45) is 2.33. The molecule has 0 atom stereocenters. The lowest BCUT2D eigenvalue weighted by Gasteiger charge is -2.28. The van der Waals surface area contributed by atoms with Crippen molar-refractivity contribution < 1.29 is 19.1 Å². The minimum Gasteiger partial charge on any atom is -0.488 e. The number of hydrogen-bond donors (Lipinski definition) is 0. The first kappa shape index (κ1) is 26.0. The first-order chi connectivity index (χ1) is 18.4. The Morgan fingerprint density at radius 3 is 2.50 bits per heavy atom. The second-order valence-corrected chi connectivity index (χ2v) is 10.6. The van der Waals surface area contributed by atoms with Crippen molar-refractivity contribution in [2.24, 2.45) is 0 Å². The SMILES string of the molecule is COC(=O)c1cc(N2CCCCC2=O)cc(-n2c(C)ccc2-c2cc(I)ccc2OCc2ccccc2)c1. The summed E-state index contributed by atoms with van der Waals surface area (Å²) in [5, 5.41) is 0. The van der Waals surface area contributed by atoms with Gasteiger partial charge >= 0.3 is 5.97 Å². The highest BCUT2D eigenvalue weighted by Crippen LogP contribution is 2.36. The number of anilines is 1. The average molecular weight is 620 g/mol. The molecule has 1 aromatic heterocycles. The molecule has 0 unspecified atom stereocenters. The Morgan fingerprint density at radius 2 is 1.74 bits per heavy atom. The molecule has 1 aliphatic heterocycles. The summed E-state index contributed by atoms with van der Waals surface area (Å²) in [6.45, 7) is 3.11. The van der Waals surface area contributed by atoms with E-state index in [1.54, 1.807) is 11.0 Å². The van der Waals surface area contributed by atoms with Gasteiger partial charge in [-0.25, -0.2) is 4.79 Å². The molecular formula is C31H29IN2O4. The average Bonchev–Trinajstić information content (AvgIpc) is 3.33. The van der Waals surface area contributed by atoms with Crippen molar-refractivity contribution in [2.75, 3.05) is 18.6 Å². The van der Waals surface area contributed by atoms with Crippen LogP contribution in [0.3, 0.4) is 0 Å². The molecule has 6 nitrogen and oxygen atoms in total. The first-order valence-corrected chi connectivity index (χ1v) is 13.7. The van der Waals surface area contributed by atoms with E-state index < -0.39 is 5.97 Å². The minimum atomic E-state index is -0.440. The molecule has 0 N–H and O–H groups in total. The number of aromatic nitrogens is 1. The Balaban J connectivity index is 1.61. The maximum Gasteiger partial charge on any atom is 0.337 e. The van der Waals surface area contributed by atoms with Crippen molar-refractivity contribution in [2.45, 2.75) is 32.8 Å². The first-order valence-electron chi connectivity index (χ1n) is 12.6. The number of nitrogens with zero attached hydrogens (tertiary/aromatic N) is 2. The van der Waals surface area contributed by atoms with Gasteiger partial charge in [-0.15, -0.1) is 0 Å². The van der Waals surface area contributed by atoms with Crippen molar-refractivity contribution >= 4 is 40.2 Å². The van der Waals surface area contributed by atoms with Crippen LogP contribution < -0.4 is 9.64 Å². The van der Waals surface area contributed by atoms with Gasteiger partial charge in [0.2, 0.25) is 5.91 Å². The second kappa shape index (κ2) is 11.4. The molecule has 2 heterocycles. The number of piperidine rings is 1. The molecule has 0 radical (unpaired) electrons. The molecule has 5 rings (SSSR count). The van der Waals surface area contributed by atoms with Crippen LogP contribution in [0.2, 0.25) is 0 Å². The topological polar surface area (TPSA) is 60.8 Å². The van der Waals surface area contributed by atoms with Crippen LogP contribution in [0, 0.1) is 10.5 Å². The highest BCUT2D eigenvalue weighted by molar-refractivity contribution is 14.1. The minimum absolute atomic E-state index is 0.0721. The molecule has 1 amide bonds. The second-order valence-electron chi connectivity index (χ2n) is 9.34.